The molecule has 0 aliphatic rings. The largest absolute Gasteiger partial charge is 0.305 e. The Balaban J connectivity index is 2.02. The fourth-order valence-electron chi connectivity index (χ4n) is 2.28. The Bertz CT molecular complexity index is 951. The Morgan fingerprint density at radius 2 is 1.85 bits per heavy atom. The molecule has 5 nitrogen and oxygen atoms in total. The zero-order valence-electron chi connectivity index (χ0n) is 10.5. The Morgan fingerprint density at radius 1 is 1.00 bits per heavy atom. The normalized spacial score (nSPS) is 11.2. The Kier molecular flexibility index (Phi) is 2.20. The second-order valence-electron chi connectivity index (χ2n) is 4.51. The molecule has 0 atom stereocenters. The predicted molar refractivity (Wildman–Crippen MR) is 76.1 cm³/mol. The first kappa shape index (κ1) is 10.9. The van der Waals surface area contributed by atoms with Gasteiger partial charge in [-0.25, -0.2) is 4.98 Å². The topological polar surface area (TPSA) is 52.2 Å². The molecular formula is C15H10N4O. The second kappa shape index (κ2) is 4.03. The van der Waals surface area contributed by atoms with E-state index in [1.54, 1.807) is 18.5 Å². The number of fused-ring (bicyclic) bond motifs is 2. The minimum Gasteiger partial charge on any atom is -0.305 e. The van der Waals surface area contributed by atoms with Crippen molar-refractivity contribution in [3.05, 3.63) is 71.4 Å². The lowest BCUT2D eigenvalue weighted by Gasteiger charge is -2.01. The number of hydrogen-bond donors (Lipinski definition) is 0. The van der Waals surface area contributed by atoms with E-state index in [9.17, 15) is 4.79 Å². The molecule has 1 aromatic carbocycles. The molecule has 0 unspecified atom stereocenters. The van der Waals surface area contributed by atoms with Crippen LogP contribution in [0.1, 0.15) is 0 Å². The summed E-state index contributed by atoms with van der Waals surface area (Å²) in [6.45, 7) is 0. The van der Waals surface area contributed by atoms with E-state index in [0.29, 0.717) is 11.2 Å². The van der Waals surface area contributed by atoms with Crippen molar-refractivity contribution in [1.82, 2.24) is 19.2 Å². The zero-order chi connectivity index (χ0) is 13.5. The van der Waals surface area contributed by atoms with Crippen molar-refractivity contribution in [2.24, 2.45) is 0 Å². The fourth-order valence-corrected chi connectivity index (χ4v) is 2.28. The van der Waals surface area contributed by atoms with Gasteiger partial charge >= 0.3 is 0 Å². The van der Waals surface area contributed by atoms with Gasteiger partial charge in [-0.05, 0) is 18.2 Å². The van der Waals surface area contributed by atoms with E-state index in [1.165, 1.54) is 4.68 Å². The first-order valence-corrected chi connectivity index (χ1v) is 6.24. The Labute approximate surface area is 113 Å². The van der Waals surface area contributed by atoms with Crippen LogP contribution in [-0.4, -0.2) is 19.2 Å². The summed E-state index contributed by atoms with van der Waals surface area (Å²) >= 11 is 0. The average molecular weight is 262 g/mol. The second-order valence-corrected chi connectivity index (χ2v) is 4.51. The van der Waals surface area contributed by atoms with Crippen molar-refractivity contribution < 1.29 is 0 Å². The molecule has 0 aliphatic carbocycles. The lowest BCUT2D eigenvalue weighted by atomic mass is 10.2. The van der Waals surface area contributed by atoms with Crippen LogP contribution in [0.15, 0.2) is 65.8 Å². The molecule has 4 rings (SSSR count). The summed E-state index contributed by atoms with van der Waals surface area (Å²) in [5, 5.41) is 5.67. The third kappa shape index (κ3) is 1.53. The lowest BCUT2D eigenvalue weighted by molar-refractivity contribution is 0.801. The van der Waals surface area contributed by atoms with Gasteiger partial charge in [0.2, 0.25) is 0 Å². The highest BCUT2D eigenvalue weighted by atomic mass is 16.1. The molecule has 0 aliphatic heterocycles. The summed E-state index contributed by atoms with van der Waals surface area (Å²) in [5.74, 6) is 0.520. The van der Waals surface area contributed by atoms with Gasteiger partial charge in [-0.1, -0.05) is 24.3 Å². The summed E-state index contributed by atoms with van der Waals surface area (Å²) in [5.41, 5.74) is 0.621. The monoisotopic (exact) mass is 262 g/mol. The molecular weight excluding hydrogens is 252 g/mol. The predicted octanol–water partition coefficient (Wildman–Crippen LogP) is 2.03. The Morgan fingerprint density at radius 3 is 2.75 bits per heavy atom. The molecule has 5 heteroatoms. The van der Waals surface area contributed by atoms with E-state index >= 15 is 0 Å². The van der Waals surface area contributed by atoms with Crippen LogP contribution in [0.3, 0.4) is 0 Å². The van der Waals surface area contributed by atoms with Crippen LogP contribution in [0.5, 0.6) is 0 Å². The lowest BCUT2D eigenvalue weighted by Crippen LogP contribution is -2.21. The molecule has 0 N–H and O–H groups in total. The summed E-state index contributed by atoms with van der Waals surface area (Å²) < 4.78 is 3.19. The molecule has 20 heavy (non-hydrogen) atoms. The van der Waals surface area contributed by atoms with Crippen LogP contribution >= 0.6 is 0 Å². The maximum atomic E-state index is 12.5. The smallest absolute Gasteiger partial charge is 0.280 e. The van der Waals surface area contributed by atoms with E-state index in [0.717, 1.165) is 11.0 Å². The van der Waals surface area contributed by atoms with Gasteiger partial charge in [0.1, 0.15) is 5.65 Å². The number of rotatable bonds is 1. The first-order chi connectivity index (χ1) is 9.83. The molecule has 4 aromatic rings. The molecule has 0 saturated carbocycles. The van der Waals surface area contributed by atoms with Crippen LogP contribution in [0.25, 0.3) is 22.2 Å². The molecule has 3 heterocycles. The molecule has 0 bridgehead atoms. The molecule has 96 valence electrons. The van der Waals surface area contributed by atoms with Crippen LogP contribution < -0.4 is 5.56 Å². The van der Waals surface area contributed by atoms with Gasteiger partial charge in [-0.2, -0.15) is 9.78 Å². The molecule has 0 saturated heterocycles. The van der Waals surface area contributed by atoms with Crippen molar-refractivity contribution in [3.63, 3.8) is 0 Å². The highest BCUT2D eigenvalue weighted by Crippen LogP contribution is 2.10. The number of nitrogens with zero attached hydrogens (tertiary/aromatic N) is 4. The van der Waals surface area contributed by atoms with Crippen LogP contribution in [0.2, 0.25) is 0 Å². The molecule has 0 amide bonds. The highest BCUT2D eigenvalue weighted by Gasteiger charge is 2.08. The van der Waals surface area contributed by atoms with Crippen molar-refractivity contribution >= 4 is 16.4 Å². The van der Waals surface area contributed by atoms with E-state index in [2.05, 4.69) is 10.1 Å². The van der Waals surface area contributed by atoms with Crippen molar-refractivity contribution in [3.8, 4) is 5.82 Å². The molecule has 0 fully saturated rings. The van der Waals surface area contributed by atoms with Gasteiger partial charge in [-0.15, -0.1) is 0 Å². The number of imidazole rings is 1. The minimum absolute atomic E-state index is 0.161. The number of benzene rings is 1. The SMILES string of the molecule is O=c1c2ccccc2cnn1-c1cn2ccccc2n1. The van der Waals surface area contributed by atoms with E-state index in [1.807, 2.05) is 47.0 Å². The minimum atomic E-state index is -0.161. The van der Waals surface area contributed by atoms with Gasteiger partial charge in [0, 0.05) is 11.6 Å². The van der Waals surface area contributed by atoms with Gasteiger partial charge in [0.05, 0.1) is 17.8 Å². The van der Waals surface area contributed by atoms with Gasteiger partial charge < -0.3 is 4.40 Å². The fraction of sp³-hybridized carbons (Fsp3) is 0. The van der Waals surface area contributed by atoms with Crippen molar-refractivity contribution in [2.45, 2.75) is 0 Å². The van der Waals surface area contributed by atoms with E-state index in [-0.39, 0.29) is 5.56 Å². The molecule has 0 spiro atoms. The van der Waals surface area contributed by atoms with E-state index in [4.69, 9.17) is 0 Å². The molecule has 0 radical (unpaired) electrons. The van der Waals surface area contributed by atoms with Crippen LogP contribution in [0, 0.1) is 0 Å². The third-order valence-electron chi connectivity index (χ3n) is 3.26. The maximum absolute atomic E-state index is 12.5. The summed E-state index contributed by atoms with van der Waals surface area (Å²) in [4.78, 5) is 16.9. The highest BCUT2D eigenvalue weighted by molar-refractivity contribution is 5.80. The van der Waals surface area contributed by atoms with Crippen LogP contribution in [0.4, 0.5) is 0 Å². The van der Waals surface area contributed by atoms with Gasteiger partial charge in [0.25, 0.3) is 5.56 Å². The Hall–Kier alpha value is -2.95. The number of hydrogen-bond acceptors (Lipinski definition) is 3. The van der Waals surface area contributed by atoms with E-state index < -0.39 is 0 Å². The maximum Gasteiger partial charge on any atom is 0.280 e. The third-order valence-corrected chi connectivity index (χ3v) is 3.26. The average Bonchev–Trinajstić information content (AvgIpc) is 2.91. The van der Waals surface area contributed by atoms with Crippen molar-refractivity contribution in [1.29, 1.82) is 0 Å². The zero-order valence-corrected chi connectivity index (χ0v) is 10.5. The number of aromatic nitrogens is 4. The summed E-state index contributed by atoms with van der Waals surface area (Å²) in [6.07, 6.45) is 5.36. The van der Waals surface area contributed by atoms with Crippen LogP contribution in [-0.2, 0) is 0 Å². The summed E-state index contributed by atoms with van der Waals surface area (Å²) in [7, 11) is 0. The van der Waals surface area contributed by atoms with Gasteiger partial charge in [-0.3, -0.25) is 4.79 Å². The first-order valence-electron chi connectivity index (χ1n) is 6.24. The van der Waals surface area contributed by atoms with Crippen molar-refractivity contribution in [2.75, 3.05) is 0 Å². The quantitative estimate of drug-likeness (QED) is 0.527. The van der Waals surface area contributed by atoms with Gasteiger partial charge in [0.15, 0.2) is 5.82 Å². The number of pyridine rings is 1. The standard InChI is InChI=1S/C15H10N4O/c20-15-12-6-2-1-5-11(12)9-16-19(15)14-10-18-8-4-3-7-13(18)17-14/h1-10H. The molecule has 3 aromatic heterocycles. The summed E-state index contributed by atoms with van der Waals surface area (Å²) in [6, 6.07) is 13.1.